The largest absolute Gasteiger partial charge is 0.416 e. The molecule has 0 saturated heterocycles. The van der Waals surface area contributed by atoms with Crippen LogP contribution in [0.15, 0.2) is 46.9 Å². The van der Waals surface area contributed by atoms with Crippen molar-refractivity contribution in [3.05, 3.63) is 63.1 Å². The number of hydrogen-bond donors (Lipinski definition) is 1. The third-order valence-electron chi connectivity index (χ3n) is 3.02. The van der Waals surface area contributed by atoms with Gasteiger partial charge in [0.1, 0.15) is 0 Å². The van der Waals surface area contributed by atoms with Crippen LogP contribution in [0.4, 0.5) is 18.9 Å². The van der Waals surface area contributed by atoms with Gasteiger partial charge in [-0.25, -0.2) is 0 Å². The summed E-state index contributed by atoms with van der Waals surface area (Å²) < 4.78 is 39.0. The Labute approximate surface area is 154 Å². The van der Waals surface area contributed by atoms with Crippen LogP contribution in [-0.4, -0.2) is 11.7 Å². The van der Waals surface area contributed by atoms with Gasteiger partial charge in [0, 0.05) is 10.2 Å². The van der Waals surface area contributed by atoms with Crippen LogP contribution in [0.3, 0.4) is 0 Å². The molecule has 0 unspecified atom stereocenters. The maximum Gasteiger partial charge on any atom is 0.416 e. The van der Waals surface area contributed by atoms with Gasteiger partial charge in [0.2, 0.25) is 5.91 Å². The molecule has 0 fully saturated rings. The molecule has 0 atom stereocenters. The van der Waals surface area contributed by atoms with Crippen molar-refractivity contribution in [1.82, 2.24) is 0 Å². The van der Waals surface area contributed by atoms with E-state index in [0.29, 0.717) is 5.75 Å². The first kappa shape index (κ1) is 19.1. The zero-order valence-corrected chi connectivity index (χ0v) is 15.3. The number of halogens is 5. The highest BCUT2D eigenvalue weighted by Gasteiger charge is 2.31. The van der Waals surface area contributed by atoms with E-state index in [-0.39, 0.29) is 16.5 Å². The monoisotopic (exact) mass is 437 g/mol. The quantitative estimate of drug-likeness (QED) is 0.621. The Kier molecular flexibility index (Phi) is 6.60. The summed E-state index contributed by atoms with van der Waals surface area (Å²) in [5.41, 5.74) is 0.133. The second-order valence-electron chi connectivity index (χ2n) is 4.82. The number of anilines is 1. The van der Waals surface area contributed by atoms with Crippen molar-refractivity contribution in [2.45, 2.75) is 11.9 Å². The van der Waals surface area contributed by atoms with E-state index >= 15 is 0 Å². The van der Waals surface area contributed by atoms with Crippen LogP contribution in [0.25, 0.3) is 0 Å². The fraction of sp³-hybridized carbons (Fsp3) is 0.188. The molecule has 0 heterocycles. The highest BCUT2D eigenvalue weighted by Crippen LogP contribution is 2.33. The third-order valence-corrected chi connectivity index (χ3v) is 5.10. The number of rotatable bonds is 5. The number of thioether (sulfide) groups is 1. The maximum absolute atomic E-state index is 12.7. The van der Waals surface area contributed by atoms with Gasteiger partial charge < -0.3 is 5.32 Å². The lowest BCUT2D eigenvalue weighted by molar-refractivity contribution is -0.137. The van der Waals surface area contributed by atoms with Crippen molar-refractivity contribution >= 4 is 50.9 Å². The molecular formula is C16H12BrClF3NOS. The van der Waals surface area contributed by atoms with E-state index in [1.54, 1.807) is 0 Å². The minimum atomic E-state index is -4.49. The van der Waals surface area contributed by atoms with Gasteiger partial charge in [0.25, 0.3) is 0 Å². The van der Waals surface area contributed by atoms with Crippen LogP contribution in [0, 0.1) is 0 Å². The van der Waals surface area contributed by atoms with Crippen molar-refractivity contribution < 1.29 is 18.0 Å². The maximum atomic E-state index is 12.7. The second-order valence-corrected chi connectivity index (χ2v) is 7.07. The van der Waals surface area contributed by atoms with Crippen LogP contribution in [0.5, 0.6) is 0 Å². The van der Waals surface area contributed by atoms with Gasteiger partial charge in [-0.1, -0.05) is 45.7 Å². The smallest absolute Gasteiger partial charge is 0.324 e. The Morgan fingerprint density at radius 2 is 1.92 bits per heavy atom. The molecule has 1 N–H and O–H groups in total. The van der Waals surface area contributed by atoms with Crippen molar-refractivity contribution in [3.63, 3.8) is 0 Å². The Morgan fingerprint density at radius 1 is 1.21 bits per heavy atom. The van der Waals surface area contributed by atoms with E-state index in [0.717, 1.165) is 28.2 Å². The Balaban J connectivity index is 1.94. The van der Waals surface area contributed by atoms with E-state index in [1.165, 1.54) is 11.8 Å². The van der Waals surface area contributed by atoms with Crippen LogP contribution < -0.4 is 5.32 Å². The SMILES string of the molecule is O=C(CSCc1ccccc1Br)Nc1cc(C(F)(F)F)ccc1Cl. The fourth-order valence-electron chi connectivity index (χ4n) is 1.85. The first-order valence-corrected chi connectivity index (χ1v) is 9.07. The first-order chi connectivity index (χ1) is 11.3. The number of benzene rings is 2. The summed E-state index contributed by atoms with van der Waals surface area (Å²) in [6.45, 7) is 0. The molecule has 0 aromatic heterocycles. The number of nitrogens with one attached hydrogen (secondary N) is 1. The van der Waals surface area contributed by atoms with Crippen molar-refractivity contribution in [2.24, 2.45) is 0 Å². The fourth-order valence-corrected chi connectivity index (χ4v) is 3.46. The van der Waals surface area contributed by atoms with Crippen molar-refractivity contribution in [3.8, 4) is 0 Å². The van der Waals surface area contributed by atoms with E-state index in [1.807, 2.05) is 24.3 Å². The van der Waals surface area contributed by atoms with Crippen LogP contribution >= 0.6 is 39.3 Å². The van der Waals surface area contributed by atoms with E-state index in [2.05, 4.69) is 21.2 Å². The standard InChI is InChI=1S/C16H12BrClF3NOS/c17-12-4-2-1-3-10(12)8-24-9-15(23)22-14-7-11(16(19,20)21)5-6-13(14)18/h1-7H,8-9H2,(H,22,23). The molecule has 0 aliphatic carbocycles. The minimum Gasteiger partial charge on any atom is -0.324 e. The Hall–Kier alpha value is -1.18. The molecule has 2 aromatic carbocycles. The van der Waals surface area contributed by atoms with Crippen molar-refractivity contribution in [1.29, 1.82) is 0 Å². The molecule has 0 aliphatic heterocycles. The van der Waals surface area contributed by atoms with Gasteiger partial charge in [0.05, 0.1) is 22.0 Å². The lowest BCUT2D eigenvalue weighted by Gasteiger charge is -2.11. The van der Waals surface area contributed by atoms with E-state index in [4.69, 9.17) is 11.6 Å². The van der Waals surface area contributed by atoms with E-state index in [9.17, 15) is 18.0 Å². The average molecular weight is 439 g/mol. The summed E-state index contributed by atoms with van der Waals surface area (Å²) in [5, 5.41) is 2.48. The molecule has 0 spiro atoms. The average Bonchev–Trinajstić information content (AvgIpc) is 2.50. The lowest BCUT2D eigenvalue weighted by atomic mass is 10.2. The van der Waals surface area contributed by atoms with Crippen LogP contribution in [0.2, 0.25) is 5.02 Å². The molecule has 2 aromatic rings. The molecule has 8 heteroatoms. The molecular weight excluding hydrogens is 427 g/mol. The number of hydrogen-bond acceptors (Lipinski definition) is 2. The molecule has 2 nitrogen and oxygen atoms in total. The number of carbonyl (C=O) groups is 1. The van der Waals surface area contributed by atoms with Crippen LogP contribution in [-0.2, 0) is 16.7 Å². The molecule has 24 heavy (non-hydrogen) atoms. The Morgan fingerprint density at radius 3 is 2.58 bits per heavy atom. The molecule has 0 aliphatic rings. The number of alkyl halides is 3. The summed E-state index contributed by atoms with van der Waals surface area (Å²) in [6.07, 6.45) is -4.49. The van der Waals surface area contributed by atoms with Crippen molar-refractivity contribution in [2.75, 3.05) is 11.1 Å². The molecule has 128 valence electrons. The Bertz CT molecular complexity index is 740. The third kappa shape index (κ3) is 5.43. The molecule has 1 amide bonds. The minimum absolute atomic E-state index is 0.0435. The van der Waals surface area contributed by atoms with Gasteiger partial charge in [0.15, 0.2) is 0 Å². The summed E-state index contributed by atoms with van der Waals surface area (Å²) >= 11 is 10.6. The topological polar surface area (TPSA) is 29.1 Å². The van der Waals surface area contributed by atoms with Gasteiger partial charge in [-0.05, 0) is 29.8 Å². The zero-order chi connectivity index (χ0) is 17.7. The van der Waals surface area contributed by atoms with E-state index < -0.39 is 17.6 Å². The highest BCUT2D eigenvalue weighted by atomic mass is 79.9. The molecule has 0 bridgehead atoms. The van der Waals surface area contributed by atoms with Gasteiger partial charge in [-0.3, -0.25) is 4.79 Å². The highest BCUT2D eigenvalue weighted by molar-refractivity contribution is 9.10. The first-order valence-electron chi connectivity index (χ1n) is 6.75. The predicted octanol–water partition coefficient (Wildman–Crippen LogP) is 5.99. The summed E-state index contributed by atoms with van der Waals surface area (Å²) in [7, 11) is 0. The molecule has 0 radical (unpaired) electrons. The summed E-state index contributed by atoms with van der Waals surface area (Å²) in [6, 6.07) is 10.4. The van der Waals surface area contributed by atoms with Gasteiger partial charge >= 0.3 is 6.18 Å². The lowest BCUT2D eigenvalue weighted by Crippen LogP contribution is -2.15. The molecule has 0 saturated carbocycles. The zero-order valence-electron chi connectivity index (χ0n) is 12.2. The molecule has 2 rings (SSSR count). The van der Waals surface area contributed by atoms with Gasteiger partial charge in [-0.15, -0.1) is 11.8 Å². The normalized spacial score (nSPS) is 11.4. The summed E-state index contributed by atoms with van der Waals surface area (Å²) in [5.74, 6) is 0.298. The van der Waals surface area contributed by atoms with Gasteiger partial charge in [-0.2, -0.15) is 13.2 Å². The predicted molar refractivity (Wildman–Crippen MR) is 95.4 cm³/mol. The summed E-state index contributed by atoms with van der Waals surface area (Å²) in [4.78, 5) is 11.9. The number of carbonyl (C=O) groups excluding carboxylic acids is 1. The number of amides is 1. The van der Waals surface area contributed by atoms with Crippen LogP contribution in [0.1, 0.15) is 11.1 Å². The second kappa shape index (κ2) is 8.27.